The van der Waals surface area contributed by atoms with Gasteiger partial charge in [0.15, 0.2) is 11.0 Å². The van der Waals surface area contributed by atoms with Gasteiger partial charge in [-0.05, 0) is 24.6 Å². The fraction of sp³-hybridized carbons (Fsp3) is 0.235. The van der Waals surface area contributed by atoms with Crippen LogP contribution in [0.4, 0.5) is 5.82 Å². The van der Waals surface area contributed by atoms with Crippen molar-refractivity contribution in [3.8, 4) is 5.69 Å². The van der Waals surface area contributed by atoms with Crippen LogP contribution in [0, 0.1) is 0 Å². The molecule has 0 fully saturated rings. The Balaban J connectivity index is 1.84. The summed E-state index contributed by atoms with van der Waals surface area (Å²) in [4.78, 5) is 11.8. The molecule has 0 saturated heterocycles. The molecule has 0 bridgehead atoms. The van der Waals surface area contributed by atoms with Gasteiger partial charge in [-0.2, -0.15) is 5.10 Å². The lowest BCUT2D eigenvalue weighted by Crippen LogP contribution is -2.41. The molecule has 0 spiro atoms. The molecule has 0 N–H and O–H groups in total. The van der Waals surface area contributed by atoms with Crippen LogP contribution in [0.15, 0.2) is 53.1 Å². The van der Waals surface area contributed by atoms with Crippen LogP contribution in [0.1, 0.15) is 12.0 Å². The molecular weight excluding hydrogens is 342 g/mol. The molecule has 1 aromatic carbocycles. The minimum atomic E-state index is 0.675. The van der Waals surface area contributed by atoms with Crippen molar-refractivity contribution in [1.29, 1.82) is 0 Å². The lowest BCUT2D eigenvalue weighted by molar-refractivity contribution is 0.554. The summed E-state index contributed by atoms with van der Waals surface area (Å²) < 4.78 is 1.82. The molecule has 5 nitrogen and oxygen atoms in total. The Hall–Kier alpha value is -2.05. The zero-order valence-electron chi connectivity index (χ0n) is 13.0. The first-order chi connectivity index (χ1) is 11.8. The van der Waals surface area contributed by atoms with Gasteiger partial charge in [0.05, 0.1) is 17.4 Å². The average molecular weight is 358 g/mol. The molecule has 7 heteroatoms. The fourth-order valence-electron chi connectivity index (χ4n) is 2.82. The van der Waals surface area contributed by atoms with Crippen LogP contribution in [0.2, 0.25) is 5.02 Å². The summed E-state index contributed by atoms with van der Waals surface area (Å²) in [6.45, 7) is 5.58. The monoisotopic (exact) mass is 357 g/mol. The maximum Gasteiger partial charge on any atom is 0.172 e. The maximum atomic E-state index is 6.13. The largest absolute Gasteiger partial charge is 0.305 e. The molecule has 0 aliphatic carbocycles. The van der Waals surface area contributed by atoms with E-state index >= 15 is 0 Å². The van der Waals surface area contributed by atoms with E-state index in [1.54, 1.807) is 11.8 Å². The quantitative estimate of drug-likeness (QED) is 0.783. The van der Waals surface area contributed by atoms with E-state index in [-0.39, 0.29) is 0 Å². The molecule has 1 aromatic heterocycles. The first-order valence-corrected chi connectivity index (χ1v) is 9.13. The summed E-state index contributed by atoms with van der Waals surface area (Å²) in [7, 11) is 0. The Morgan fingerprint density at radius 2 is 2.29 bits per heavy atom. The molecule has 122 valence electrons. The summed E-state index contributed by atoms with van der Waals surface area (Å²) in [6, 6.07) is 7.62. The predicted octanol–water partition coefficient (Wildman–Crippen LogP) is 3.90. The number of hydrogen-bond donors (Lipinski definition) is 0. The highest BCUT2D eigenvalue weighted by Gasteiger charge is 2.31. The predicted molar refractivity (Wildman–Crippen MR) is 101 cm³/mol. The Labute approximate surface area is 149 Å². The van der Waals surface area contributed by atoms with E-state index in [0.29, 0.717) is 5.02 Å². The van der Waals surface area contributed by atoms with Crippen molar-refractivity contribution in [3.63, 3.8) is 0 Å². The van der Waals surface area contributed by atoms with Gasteiger partial charge in [-0.15, -0.1) is 6.58 Å². The second-order valence-electron chi connectivity index (χ2n) is 5.48. The molecule has 0 saturated carbocycles. The zero-order chi connectivity index (χ0) is 16.5. The number of thioether (sulfide) groups is 1. The normalized spacial score (nSPS) is 16.1. The number of fused-ring (bicyclic) bond motifs is 3. The number of rotatable bonds is 3. The molecule has 2 aliphatic rings. The number of aliphatic imine (C=N–C) groups is 2. The Morgan fingerprint density at radius 1 is 1.38 bits per heavy atom. The van der Waals surface area contributed by atoms with Gasteiger partial charge in [0.2, 0.25) is 0 Å². The Morgan fingerprint density at radius 3 is 3.12 bits per heavy atom. The van der Waals surface area contributed by atoms with Gasteiger partial charge >= 0.3 is 0 Å². The van der Waals surface area contributed by atoms with Gasteiger partial charge in [0.1, 0.15) is 5.84 Å². The molecule has 0 unspecified atom stereocenters. The van der Waals surface area contributed by atoms with E-state index in [1.807, 2.05) is 41.2 Å². The van der Waals surface area contributed by atoms with Crippen LogP contribution in [-0.4, -0.2) is 44.5 Å². The van der Waals surface area contributed by atoms with Gasteiger partial charge in [-0.3, -0.25) is 4.99 Å². The number of nitrogens with zero attached hydrogens (tertiary/aromatic N) is 5. The third-order valence-corrected chi connectivity index (χ3v) is 5.06. The third kappa shape index (κ3) is 2.65. The van der Waals surface area contributed by atoms with E-state index in [9.17, 15) is 0 Å². The lowest BCUT2D eigenvalue weighted by Gasteiger charge is -2.32. The molecule has 3 heterocycles. The van der Waals surface area contributed by atoms with Crippen LogP contribution in [0.25, 0.3) is 5.69 Å². The second kappa shape index (κ2) is 6.45. The van der Waals surface area contributed by atoms with Crippen molar-refractivity contribution >= 4 is 40.2 Å². The number of hydrogen-bond acceptors (Lipinski definition) is 5. The molecule has 4 rings (SSSR count). The fourth-order valence-corrected chi connectivity index (χ4v) is 3.76. The zero-order valence-corrected chi connectivity index (χ0v) is 14.6. The van der Waals surface area contributed by atoms with Crippen LogP contribution in [0.3, 0.4) is 0 Å². The molecule has 24 heavy (non-hydrogen) atoms. The van der Waals surface area contributed by atoms with Crippen molar-refractivity contribution in [1.82, 2.24) is 14.7 Å². The molecule has 0 radical (unpaired) electrons. The smallest absolute Gasteiger partial charge is 0.172 e. The number of aromatic nitrogens is 2. The van der Waals surface area contributed by atoms with Gasteiger partial charge in [0, 0.05) is 23.9 Å². The first kappa shape index (κ1) is 15.5. The molecular formula is C17H16ClN5S. The molecule has 2 aliphatic heterocycles. The van der Waals surface area contributed by atoms with E-state index in [0.717, 1.165) is 53.3 Å². The van der Waals surface area contributed by atoms with E-state index in [1.165, 1.54) is 0 Å². The van der Waals surface area contributed by atoms with E-state index in [4.69, 9.17) is 21.6 Å². The van der Waals surface area contributed by atoms with Crippen LogP contribution < -0.4 is 0 Å². The number of benzene rings is 1. The average Bonchev–Trinajstić information content (AvgIpc) is 3.04. The summed E-state index contributed by atoms with van der Waals surface area (Å²) in [5, 5.41) is 6.15. The summed E-state index contributed by atoms with van der Waals surface area (Å²) in [5.74, 6) is 2.58. The van der Waals surface area contributed by atoms with Crippen molar-refractivity contribution in [2.75, 3.05) is 18.8 Å². The summed E-state index contributed by atoms with van der Waals surface area (Å²) in [6.07, 6.45) is 4.76. The van der Waals surface area contributed by atoms with Crippen molar-refractivity contribution in [2.45, 2.75) is 6.42 Å². The molecule has 0 atom stereocenters. The summed E-state index contributed by atoms with van der Waals surface area (Å²) in [5.41, 5.74) is 1.86. The molecule has 0 amide bonds. The number of amidine groups is 2. The summed E-state index contributed by atoms with van der Waals surface area (Å²) >= 11 is 7.80. The first-order valence-electron chi connectivity index (χ1n) is 7.76. The minimum absolute atomic E-state index is 0.675. The minimum Gasteiger partial charge on any atom is -0.305 e. The van der Waals surface area contributed by atoms with Crippen LogP contribution in [0.5, 0.6) is 0 Å². The van der Waals surface area contributed by atoms with Crippen molar-refractivity contribution in [3.05, 3.63) is 53.7 Å². The van der Waals surface area contributed by atoms with Gasteiger partial charge in [-0.1, -0.05) is 35.5 Å². The maximum absolute atomic E-state index is 6.13. The van der Waals surface area contributed by atoms with Gasteiger partial charge in [0.25, 0.3) is 0 Å². The van der Waals surface area contributed by atoms with Crippen molar-refractivity contribution in [2.24, 2.45) is 9.98 Å². The number of halogens is 1. The highest BCUT2D eigenvalue weighted by atomic mass is 35.5. The SMILES string of the molecule is C=CCSC1=Nc2c(cnn2-c2cccc(Cl)c2)C2=NCCCN12. The Kier molecular flexibility index (Phi) is 4.16. The topological polar surface area (TPSA) is 45.8 Å². The van der Waals surface area contributed by atoms with E-state index in [2.05, 4.69) is 16.6 Å². The van der Waals surface area contributed by atoms with Gasteiger partial charge in [-0.25, -0.2) is 9.67 Å². The lowest BCUT2D eigenvalue weighted by atomic mass is 10.2. The standard InChI is InChI=1S/C17H16ClN5S/c1-2-9-24-17-21-16-14(15-19-7-4-8-22(15)17)11-20-23(16)13-6-3-5-12(18)10-13/h2-3,5-6,10-11H,1,4,7-9H2. The Bertz CT molecular complexity index is 854. The highest BCUT2D eigenvalue weighted by Crippen LogP contribution is 2.33. The van der Waals surface area contributed by atoms with Gasteiger partial charge < -0.3 is 4.90 Å². The van der Waals surface area contributed by atoms with Crippen LogP contribution >= 0.6 is 23.4 Å². The third-order valence-electron chi connectivity index (χ3n) is 3.86. The molecule has 2 aromatic rings. The van der Waals surface area contributed by atoms with E-state index < -0.39 is 0 Å². The highest BCUT2D eigenvalue weighted by molar-refractivity contribution is 8.14. The van der Waals surface area contributed by atoms with Crippen LogP contribution in [-0.2, 0) is 0 Å². The van der Waals surface area contributed by atoms with Crippen molar-refractivity contribution < 1.29 is 0 Å². The second-order valence-corrected chi connectivity index (χ2v) is 6.90.